The number of thioether (sulfide) groups is 2. The van der Waals surface area contributed by atoms with E-state index in [9.17, 15) is 0 Å². The van der Waals surface area contributed by atoms with Crippen molar-refractivity contribution in [3.8, 4) is 0 Å². The lowest BCUT2D eigenvalue weighted by Gasteiger charge is -2.34. The van der Waals surface area contributed by atoms with Crippen LogP contribution in [0.2, 0.25) is 0 Å². The van der Waals surface area contributed by atoms with Crippen LogP contribution >= 0.6 is 23.5 Å². The Morgan fingerprint density at radius 3 is 2.50 bits per heavy atom. The molecular weight excluding hydrogens is 332 g/mol. The molecule has 0 bridgehead atoms. The molecule has 2 atom stereocenters. The predicted octanol–water partition coefficient (Wildman–Crippen LogP) is 7.09. The molecule has 0 spiro atoms. The fourth-order valence-corrected chi connectivity index (χ4v) is 5.91. The lowest BCUT2D eigenvalue weighted by molar-refractivity contribution is 0.115. The second kappa shape index (κ2) is 10.3. The molecule has 0 saturated heterocycles. The highest BCUT2D eigenvalue weighted by molar-refractivity contribution is 8.01. The minimum absolute atomic E-state index is 0.136. The van der Waals surface area contributed by atoms with Crippen LogP contribution in [0, 0.1) is 5.41 Å². The summed E-state index contributed by atoms with van der Waals surface area (Å²) in [5, 5.41) is 0. The molecule has 2 unspecified atom stereocenters. The number of hydrogen-bond donors (Lipinski definition) is 0. The van der Waals surface area contributed by atoms with Crippen molar-refractivity contribution in [3.05, 3.63) is 23.3 Å². The Hall–Kier alpha value is 0.140. The molecule has 1 aliphatic carbocycles. The second-order valence-corrected chi connectivity index (χ2v) is 10.8. The summed E-state index contributed by atoms with van der Waals surface area (Å²) in [6, 6.07) is 0. The van der Waals surface area contributed by atoms with Crippen molar-refractivity contribution in [1.29, 1.82) is 0 Å². The summed E-state index contributed by atoms with van der Waals surface area (Å²) in [6.45, 7) is 16.9. The van der Waals surface area contributed by atoms with Gasteiger partial charge >= 0.3 is 0 Å². The first-order valence-corrected chi connectivity index (χ1v) is 11.6. The Kier molecular flexibility index (Phi) is 9.55. The van der Waals surface area contributed by atoms with E-state index in [1.807, 2.05) is 23.5 Å². The van der Waals surface area contributed by atoms with Crippen molar-refractivity contribution in [3.63, 3.8) is 0 Å². The zero-order valence-corrected chi connectivity index (χ0v) is 18.5. The minimum atomic E-state index is 0.136. The van der Waals surface area contributed by atoms with Gasteiger partial charge in [0, 0.05) is 17.8 Å². The van der Waals surface area contributed by atoms with E-state index in [1.165, 1.54) is 19.3 Å². The van der Waals surface area contributed by atoms with Crippen LogP contribution in [0.15, 0.2) is 23.3 Å². The second-order valence-electron chi connectivity index (χ2n) is 7.55. The Bertz CT molecular complexity index is 433. The molecule has 0 aromatic heterocycles. The van der Waals surface area contributed by atoms with E-state index >= 15 is 0 Å². The van der Waals surface area contributed by atoms with Gasteiger partial charge in [-0.3, -0.25) is 0 Å². The molecule has 24 heavy (non-hydrogen) atoms. The average molecular weight is 371 g/mol. The van der Waals surface area contributed by atoms with E-state index in [2.05, 4.69) is 60.6 Å². The summed E-state index contributed by atoms with van der Waals surface area (Å²) in [7, 11) is 0. The first-order chi connectivity index (χ1) is 11.3. The maximum absolute atomic E-state index is 5.98. The van der Waals surface area contributed by atoms with Crippen LogP contribution in [0.1, 0.15) is 74.1 Å². The van der Waals surface area contributed by atoms with E-state index < -0.39 is 0 Å². The van der Waals surface area contributed by atoms with E-state index in [0.29, 0.717) is 10.9 Å². The fourth-order valence-electron chi connectivity index (χ4n) is 3.64. The average Bonchev–Trinajstić information content (AvgIpc) is 2.46. The van der Waals surface area contributed by atoms with Gasteiger partial charge in [0.25, 0.3) is 0 Å². The predicted molar refractivity (Wildman–Crippen MR) is 114 cm³/mol. The largest absolute Gasteiger partial charge is 0.368 e. The quantitative estimate of drug-likeness (QED) is 0.380. The van der Waals surface area contributed by atoms with Crippen molar-refractivity contribution in [2.45, 2.75) is 84.3 Å². The van der Waals surface area contributed by atoms with Crippen molar-refractivity contribution < 1.29 is 4.74 Å². The van der Waals surface area contributed by atoms with Crippen molar-refractivity contribution in [2.75, 3.05) is 18.1 Å². The Morgan fingerprint density at radius 2 is 1.96 bits per heavy atom. The molecule has 0 radical (unpaired) electrons. The maximum atomic E-state index is 5.98. The van der Waals surface area contributed by atoms with Gasteiger partial charge in [-0.15, -0.1) is 11.8 Å². The molecule has 1 aliphatic rings. The van der Waals surface area contributed by atoms with Crippen LogP contribution in [-0.4, -0.2) is 28.3 Å². The van der Waals surface area contributed by atoms with Gasteiger partial charge in [0.15, 0.2) is 0 Å². The van der Waals surface area contributed by atoms with Crippen LogP contribution in [0.5, 0.6) is 0 Å². The molecule has 0 amide bonds. The van der Waals surface area contributed by atoms with Gasteiger partial charge in [0.2, 0.25) is 0 Å². The first kappa shape index (κ1) is 22.2. The van der Waals surface area contributed by atoms with Crippen LogP contribution in [0.25, 0.3) is 0 Å². The van der Waals surface area contributed by atoms with Crippen molar-refractivity contribution >= 4 is 23.5 Å². The molecule has 0 aliphatic heterocycles. The van der Waals surface area contributed by atoms with E-state index in [1.54, 1.807) is 11.1 Å². The van der Waals surface area contributed by atoms with Crippen LogP contribution < -0.4 is 0 Å². The SMILES string of the molecule is CCOC(CC(C)(C=CC1=C(C)CCCC1(C)C)SCC)SCC. The standard InChI is InChI=1S/C21H38OS2/c1-8-22-19(23-9-2)16-21(7,24-10-3)15-13-18-17(4)12-11-14-20(18,5)6/h13,15,19H,8-12,14,16H2,1-7H3. The highest BCUT2D eigenvalue weighted by atomic mass is 32.2. The van der Waals surface area contributed by atoms with Gasteiger partial charge in [-0.25, -0.2) is 0 Å². The zero-order chi connectivity index (χ0) is 18.2. The van der Waals surface area contributed by atoms with Gasteiger partial charge in [-0.05, 0) is 62.5 Å². The van der Waals surface area contributed by atoms with Gasteiger partial charge in [-0.1, -0.05) is 45.4 Å². The normalized spacial score (nSPS) is 22.0. The smallest absolute Gasteiger partial charge is 0.104 e. The maximum Gasteiger partial charge on any atom is 0.104 e. The topological polar surface area (TPSA) is 9.23 Å². The van der Waals surface area contributed by atoms with E-state index in [-0.39, 0.29) is 4.75 Å². The van der Waals surface area contributed by atoms with Crippen LogP contribution in [-0.2, 0) is 4.74 Å². The summed E-state index contributed by atoms with van der Waals surface area (Å²) in [6.07, 6.45) is 9.87. The summed E-state index contributed by atoms with van der Waals surface area (Å²) >= 11 is 3.98. The molecule has 0 fully saturated rings. The molecule has 1 rings (SSSR count). The lowest BCUT2D eigenvalue weighted by Crippen LogP contribution is -2.26. The molecule has 3 heteroatoms. The Labute approximate surface area is 159 Å². The third kappa shape index (κ3) is 6.80. The molecule has 1 nitrogen and oxygen atoms in total. The summed E-state index contributed by atoms with van der Waals surface area (Å²) in [5.74, 6) is 2.25. The van der Waals surface area contributed by atoms with Gasteiger partial charge in [0.05, 0.1) is 0 Å². The molecular formula is C21H38OS2. The number of rotatable bonds is 10. The molecule has 0 heterocycles. The first-order valence-electron chi connectivity index (χ1n) is 9.54. The number of allylic oxidation sites excluding steroid dienone is 3. The van der Waals surface area contributed by atoms with E-state index in [0.717, 1.165) is 24.5 Å². The monoisotopic (exact) mass is 370 g/mol. The fraction of sp³-hybridized carbons (Fsp3) is 0.810. The number of hydrogen-bond acceptors (Lipinski definition) is 3. The Morgan fingerprint density at radius 1 is 1.25 bits per heavy atom. The van der Waals surface area contributed by atoms with Gasteiger partial charge in [0.1, 0.15) is 5.44 Å². The summed E-state index contributed by atoms with van der Waals surface area (Å²) in [4.78, 5) is 0. The number of ether oxygens (including phenoxy) is 1. The molecule has 0 N–H and O–H groups in total. The highest BCUT2D eigenvalue weighted by Crippen LogP contribution is 2.42. The third-order valence-electron chi connectivity index (χ3n) is 4.90. The van der Waals surface area contributed by atoms with Gasteiger partial charge < -0.3 is 4.74 Å². The van der Waals surface area contributed by atoms with Gasteiger partial charge in [-0.2, -0.15) is 11.8 Å². The van der Waals surface area contributed by atoms with Crippen LogP contribution in [0.3, 0.4) is 0 Å². The minimum Gasteiger partial charge on any atom is -0.368 e. The lowest BCUT2D eigenvalue weighted by atomic mass is 9.72. The Balaban J connectivity index is 2.97. The summed E-state index contributed by atoms with van der Waals surface area (Å²) in [5.41, 5.74) is 3.75. The molecule has 0 saturated carbocycles. The molecule has 0 aromatic carbocycles. The highest BCUT2D eigenvalue weighted by Gasteiger charge is 2.29. The summed E-state index contributed by atoms with van der Waals surface area (Å²) < 4.78 is 6.12. The molecule has 0 aromatic rings. The van der Waals surface area contributed by atoms with Crippen LogP contribution in [0.4, 0.5) is 0 Å². The molecule has 140 valence electrons. The third-order valence-corrected chi connectivity index (χ3v) is 7.15. The van der Waals surface area contributed by atoms with E-state index in [4.69, 9.17) is 4.74 Å². The van der Waals surface area contributed by atoms with Crippen molar-refractivity contribution in [2.24, 2.45) is 5.41 Å². The van der Waals surface area contributed by atoms with Crippen molar-refractivity contribution in [1.82, 2.24) is 0 Å². The zero-order valence-electron chi connectivity index (χ0n) is 16.9.